The summed E-state index contributed by atoms with van der Waals surface area (Å²) in [4.78, 5) is 79.7. The molecule has 4 aromatic carbocycles. The summed E-state index contributed by atoms with van der Waals surface area (Å²) >= 11 is 14.5. The fourth-order valence-corrected chi connectivity index (χ4v) is 7.48. The van der Waals surface area contributed by atoms with Crippen LogP contribution in [0.4, 0.5) is 30.6 Å². The molecule has 0 N–H and O–H groups in total. The molecule has 0 saturated heterocycles. The van der Waals surface area contributed by atoms with Gasteiger partial charge in [0.25, 0.3) is 0 Å². The van der Waals surface area contributed by atoms with Gasteiger partial charge in [-0.2, -0.15) is 9.80 Å². The highest BCUT2D eigenvalue weighted by atomic mass is 35.5. The molecular formula is C50H63ClN2O12S4. The van der Waals surface area contributed by atoms with E-state index in [9.17, 15) is 28.8 Å². The Hall–Kier alpha value is -5.01. The minimum atomic E-state index is -0.821. The van der Waals surface area contributed by atoms with Gasteiger partial charge >= 0.3 is 36.3 Å². The van der Waals surface area contributed by atoms with Gasteiger partial charge in [-0.25, -0.2) is 28.8 Å². The van der Waals surface area contributed by atoms with E-state index < -0.39 is 52.7 Å². The minimum Gasteiger partial charge on any atom is -0.465 e. The van der Waals surface area contributed by atoms with Crippen molar-refractivity contribution in [3.8, 4) is 0 Å². The molecule has 0 unspecified atom stereocenters. The summed E-state index contributed by atoms with van der Waals surface area (Å²) in [5.41, 5.74) is -1.46. The van der Waals surface area contributed by atoms with Crippen molar-refractivity contribution in [1.82, 2.24) is 0 Å². The summed E-state index contributed by atoms with van der Waals surface area (Å²) in [5, 5.41) is 0.411. The predicted octanol–water partition coefficient (Wildman–Crippen LogP) is 14.5. The third-order valence-corrected chi connectivity index (χ3v) is 10.7. The van der Waals surface area contributed by atoms with Crippen LogP contribution in [-0.2, 0) is 28.4 Å². The van der Waals surface area contributed by atoms with E-state index in [-0.39, 0.29) is 5.97 Å². The lowest BCUT2D eigenvalue weighted by atomic mass is 10.2. The maximum Gasteiger partial charge on any atom is 0.424 e. The number of halogens is 1. The van der Waals surface area contributed by atoms with Gasteiger partial charge in [-0.3, -0.25) is 0 Å². The molecule has 4 rings (SSSR count). The number of carbonyl (C=O) groups excluding carboxylic acids is 6. The number of imide groups is 2. The summed E-state index contributed by atoms with van der Waals surface area (Å²) in [6.07, 6.45) is 0.513. The summed E-state index contributed by atoms with van der Waals surface area (Å²) < 4.78 is 30.9. The van der Waals surface area contributed by atoms with Gasteiger partial charge in [0.1, 0.15) is 22.4 Å². The van der Waals surface area contributed by atoms with Gasteiger partial charge in [-0.15, -0.1) is 36.2 Å². The highest BCUT2D eigenvalue weighted by molar-refractivity contribution is 8.00. The number of anilines is 2. The largest absolute Gasteiger partial charge is 0.465 e. The SMILES string of the molecule is COC(=O)c1ccc(S)cc1.COC(=O)c1ccc(Sc2cc(SC)cc(N(C(=O)OC(C)(C)C)C(=O)OC(C)(C)C)c2)cc1.CSc1cc(Cl)cc(N(C(=O)OC(C)(C)C)C(=O)OC(C)(C)C)c1. The quantitative estimate of drug-likeness (QED) is 0.0766. The average molecular weight is 1050 g/mol. The van der Waals surface area contributed by atoms with Crippen molar-refractivity contribution in [2.45, 2.75) is 130 Å². The lowest BCUT2D eigenvalue weighted by Crippen LogP contribution is -2.43. The summed E-state index contributed by atoms with van der Waals surface area (Å²) in [6, 6.07) is 24.2. The standard InChI is InChI=1S/C25H31NO6S2.C17H24ClNO4S.C8H8O2S/c1-24(2,3)31-22(28)26(23(29)32-25(4,5)6)17-13-19(33-8)15-20(14-17)34-18-11-9-16(10-12-18)21(27)30-7;1-16(2,3)22-14(20)19(15(21)23-17(4,5)6)12-8-11(18)9-13(10-12)24-7;1-10-8(9)6-2-4-7(11)5-3-6/h9-15H,1-8H3;8-10H,1-7H3;2-5,11H,1H3. The molecule has 0 fully saturated rings. The fourth-order valence-electron chi connectivity index (χ4n) is 5.09. The first kappa shape index (κ1) is 60.1. The minimum absolute atomic E-state index is 0.301. The van der Waals surface area contributed by atoms with Crippen molar-refractivity contribution in [1.29, 1.82) is 0 Å². The van der Waals surface area contributed by atoms with Gasteiger partial charge in [-0.05, 0) is 181 Å². The zero-order valence-corrected chi connectivity index (χ0v) is 46.0. The molecule has 19 heteroatoms. The lowest BCUT2D eigenvalue weighted by Gasteiger charge is -2.29. The second-order valence-electron chi connectivity index (χ2n) is 18.5. The van der Waals surface area contributed by atoms with E-state index in [4.69, 9.17) is 35.3 Å². The van der Waals surface area contributed by atoms with Crippen LogP contribution in [0.2, 0.25) is 5.02 Å². The van der Waals surface area contributed by atoms with Gasteiger partial charge in [0.15, 0.2) is 0 Å². The van der Waals surface area contributed by atoms with E-state index in [0.29, 0.717) is 27.5 Å². The number of esters is 2. The van der Waals surface area contributed by atoms with E-state index in [1.807, 2.05) is 30.7 Å². The van der Waals surface area contributed by atoms with Crippen molar-refractivity contribution in [3.63, 3.8) is 0 Å². The monoisotopic (exact) mass is 1050 g/mol. The molecule has 69 heavy (non-hydrogen) atoms. The number of hydrogen-bond donors (Lipinski definition) is 1. The van der Waals surface area contributed by atoms with Crippen LogP contribution in [0, 0.1) is 0 Å². The Morgan fingerprint density at radius 1 is 0.464 bits per heavy atom. The fraction of sp³-hybridized carbons (Fsp3) is 0.400. The third-order valence-electron chi connectivity index (χ3n) is 7.81. The second kappa shape index (κ2) is 26.3. The Kier molecular flexibility index (Phi) is 22.9. The molecule has 0 aliphatic rings. The number of carbonyl (C=O) groups is 6. The van der Waals surface area contributed by atoms with E-state index in [0.717, 1.165) is 34.3 Å². The lowest BCUT2D eigenvalue weighted by molar-refractivity contribution is 0.0408. The van der Waals surface area contributed by atoms with E-state index >= 15 is 0 Å². The number of methoxy groups -OCH3 is 2. The van der Waals surface area contributed by atoms with Crippen LogP contribution in [-0.4, -0.2) is 85.4 Å². The summed E-state index contributed by atoms with van der Waals surface area (Å²) in [6.45, 7) is 20.7. The van der Waals surface area contributed by atoms with Crippen molar-refractivity contribution < 1.29 is 57.2 Å². The normalized spacial score (nSPS) is 11.3. The Labute approximate surface area is 429 Å². The Bertz CT molecular complexity index is 2350. The van der Waals surface area contributed by atoms with Crippen molar-refractivity contribution >= 4 is 107 Å². The molecule has 0 saturated carbocycles. The molecule has 0 radical (unpaired) electrons. The maximum atomic E-state index is 13.0. The molecule has 0 aliphatic heterocycles. The van der Waals surface area contributed by atoms with Crippen LogP contribution in [0.1, 0.15) is 104 Å². The first-order valence-corrected chi connectivity index (χ1v) is 25.2. The number of ether oxygens (including phenoxy) is 6. The third kappa shape index (κ3) is 22.1. The highest BCUT2D eigenvalue weighted by Crippen LogP contribution is 2.36. The number of benzene rings is 4. The number of thioether (sulfide) groups is 2. The zero-order chi connectivity index (χ0) is 52.7. The molecule has 0 aliphatic carbocycles. The maximum absolute atomic E-state index is 13.0. The van der Waals surface area contributed by atoms with Gasteiger partial charge < -0.3 is 28.4 Å². The van der Waals surface area contributed by atoms with Crippen LogP contribution in [0.5, 0.6) is 0 Å². The first-order valence-electron chi connectivity index (χ1n) is 21.1. The Balaban J connectivity index is 0.000000402. The molecule has 376 valence electrons. The van der Waals surface area contributed by atoms with Crippen LogP contribution in [0.3, 0.4) is 0 Å². The van der Waals surface area contributed by atoms with E-state index in [1.165, 1.54) is 55.6 Å². The smallest absolute Gasteiger partial charge is 0.424 e. The Morgan fingerprint density at radius 3 is 1.12 bits per heavy atom. The number of thiol groups is 1. The van der Waals surface area contributed by atoms with Gasteiger partial charge in [0.2, 0.25) is 0 Å². The zero-order valence-electron chi connectivity index (χ0n) is 41.9. The van der Waals surface area contributed by atoms with Crippen molar-refractivity contribution in [2.24, 2.45) is 0 Å². The topological polar surface area (TPSA) is 164 Å². The van der Waals surface area contributed by atoms with Gasteiger partial charge in [0.05, 0.1) is 36.7 Å². The molecule has 4 amide bonds. The summed E-state index contributed by atoms with van der Waals surface area (Å²) in [7, 11) is 2.69. The van der Waals surface area contributed by atoms with Crippen LogP contribution in [0.15, 0.2) is 109 Å². The molecule has 0 aromatic heterocycles. The first-order chi connectivity index (χ1) is 31.8. The molecular weight excluding hydrogens is 984 g/mol. The number of hydrogen-bond acceptors (Lipinski definition) is 16. The van der Waals surface area contributed by atoms with E-state index in [1.54, 1.807) is 144 Å². The van der Waals surface area contributed by atoms with Crippen LogP contribution < -0.4 is 9.80 Å². The van der Waals surface area contributed by atoms with Crippen LogP contribution >= 0.6 is 59.5 Å². The van der Waals surface area contributed by atoms with E-state index in [2.05, 4.69) is 17.4 Å². The van der Waals surface area contributed by atoms with Gasteiger partial charge in [-0.1, -0.05) is 23.4 Å². The number of nitrogens with zero attached hydrogens (tertiary/aromatic N) is 2. The van der Waals surface area contributed by atoms with Crippen LogP contribution in [0.25, 0.3) is 0 Å². The molecule has 14 nitrogen and oxygen atoms in total. The highest BCUT2D eigenvalue weighted by Gasteiger charge is 2.34. The van der Waals surface area contributed by atoms with Crippen molar-refractivity contribution in [3.05, 3.63) is 101 Å². The number of rotatable bonds is 8. The second-order valence-corrected chi connectivity index (χ2v) is 22.3. The molecule has 0 heterocycles. The molecule has 4 aromatic rings. The Morgan fingerprint density at radius 2 is 0.783 bits per heavy atom. The molecule has 0 bridgehead atoms. The molecule has 0 spiro atoms. The number of amides is 4. The summed E-state index contributed by atoms with van der Waals surface area (Å²) in [5.74, 6) is -0.730. The van der Waals surface area contributed by atoms with Gasteiger partial charge in [0, 0.05) is 29.5 Å². The van der Waals surface area contributed by atoms with Crippen molar-refractivity contribution in [2.75, 3.05) is 36.5 Å². The molecule has 0 atom stereocenters. The average Bonchev–Trinajstić information content (AvgIpc) is 3.21. The predicted molar refractivity (Wildman–Crippen MR) is 278 cm³/mol.